The van der Waals surface area contributed by atoms with Crippen LogP contribution in [0, 0.1) is 5.82 Å². The molecule has 2 fully saturated rings. The number of nitrogens with zero attached hydrogens (tertiary/aromatic N) is 3. The summed E-state index contributed by atoms with van der Waals surface area (Å²) in [7, 11) is 0. The highest BCUT2D eigenvalue weighted by Gasteiger charge is 2.43. The molecular weight excluding hydrogens is 397 g/mol. The molecule has 2 aliphatic heterocycles. The minimum Gasteiger partial charge on any atom is -0.307 e. The maximum atomic E-state index is 14.4. The summed E-state index contributed by atoms with van der Waals surface area (Å²) >= 11 is 0. The number of hydrogen-bond acceptors (Lipinski definition) is 2. The molecule has 2 heterocycles. The number of aliphatic imine (C=N–C) groups is 2. The molecule has 6 rings (SSSR count). The fraction of sp³-hybridized carbons (Fsp3) is 0.429. The van der Waals surface area contributed by atoms with E-state index < -0.39 is 0 Å². The summed E-state index contributed by atoms with van der Waals surface area (Å²) in [6.45, 7) is 0. The predicted molar refractivity (Wildman–Crippen MR) is 130 cm³/mol. The second kappa shape index (κ2) is 8.31. The molecule has 4 aliphatic rings. The summed E-state index contributed by atoms with van der Waals surface area (Å²) in [6, 6.07) is 16.3. The molecule has 0 radical (unpaired) electrons. The molecule has 0 spiro atoms. The largest absolute Gasteiger partial charge is 0.307 e. The fourth-order valence-electron chi connectivity index (χ4n) is 5.92. The van der Waals surface area contributed by atoms with Crippen LogP contribution in [-0.4, -0.2) is 28.7 Å². The minimum atomic E-state index is -0.206. The standard InChI is InChI=1S/C28H30FN3/c29-20-16-17-24-23(18-20)26-25(19-10-4-1-5-11-19)27(30-21-12-6-2-7-13-21)32(28(26)31-24)22-14-8-3-9-15-22/h1,4-5,10-11,16-18,21-22H,2-3,6-9,12-15H2. The molecule has 0 saturated heterocycles. The van der Waals surface area contributed by atoms with E-state index in [1.165, 1.54) is 57.4 Å². The lowest BCUT2D eigenvalue weighted by atomic mass is 9.93. The summed E-state index contributed by atoms with van der Waals surface area (Å²) in [5.74, 6) is 1.87. The van der Waals surface area contributed by atoms with E-state index in [2.05, 4.69) is 35.2 Å². The van der Waals surface area contributed by atoms with E-state index >= 15 is 0 Å². The van der Waals surface area contributed by atoms with Crippen LogP contribution in [0.2, 0.25) is 0 Å². The summed E-state index contributed by atoms with van der Waals surface area (Å²) < 4.78 is 14.4. The van der Waals surface area contributed by atoms with Gasteiger partial charge in [0.2, 0.25) is 0 Å². The molecule has 0 N–H and O–H groups in total. The lowest BCUT2D eigenvalue weighted by Gasteiger charge is -2.34. The van der Waals surface area contributed by atoms with Gasteiger partial charge in [-0.15, -0.1) is 0 Å². The molecule has 0 amide bonds. The highest BCUT2D eigenvalue weighted by molar-refractivity contribution is 6.53. The zero-order valence-corrected chi connectivity index (χ0v) is 18.6. The van der Waals surface area contributed by atoms with Crippen LogP contribution in [0.4, 0.5) is 10.1 Å². The fourth-order valence-corrected chi connectivity index (χ4v) is 5.92. The van der Waals surface area contributed by atoms with E-state index in [4.69, 9.17) is 9.98 Å². The first kappa shape index (κ1) is 19.9. The minimum absolute atomic E-state index is 0.206. The van der Waals surface area contributed by atoms with Crippen molar-refractivity contribution in [2.75, 3.05) is 0 Å². The Bertz CT molecular complexity index is 1100. The van der Waals surface area contributed by atoms with E-state index in [1.807, 2.05) is 6.07 Å². The van der Waals surface area contributed by atoms with Crippen molar-refractivity contribution in [1.29, 1.82) is 0 Å². The second-order valence-corrected chi connectivity index (χ2v) is 9.62. The van der Waals surface area contributed by atoms with E-state index in [0.717, 1.165) is 52.5 Å². The van der Waals surface area contributed by atoms with Crippen molar-refractivity contribution >= 4 is 28.5 Å². The maximum absolute atomic E-state index is 14.4. The van der Waals surface area contributed by atoms with Crippen molar-refractivity contribution in [1.82, 2.24) is 4.90 Å². The van der Waals surface area contributed by atoms with Gasteiger partial charge in [-0.05, 0) is 49.4 Å². The smallest absolute Gasteiger partial charge is 0.143 e. The second-order valence-electron chi connectivity index (χ2n) is 9.62. The van der Waals surface area contributed by atoms with Crippen molar-refractivity contribution in [3.63, 3.8) is 0 Å². The third-order valence-corrected chi connectivity index (χ3v) is 7.49. The van der Waals surface area contributed by atoms with Gasteiger partial charge in [0, 0.05) is 22.8 Å². The van der Waals surface area contributed by atoms with E-state index in [9.17, 15) is 4.39 Å². The van der Waals surface area contributed by atoms with Crippen LogP contribution in [0.25, 0.3) is 11.1 Å². The van der Waals surface area contributed by atoms with Gasteiger partial charge in [-0.25, -0.2) is 9.38 Å². The third kappa shape index (κ3) is 3.41. The summed E-state index contributed by atoms with van der Waals surface area (Å²) in [6.07, 6.45) is 12.3. The molecule has 0 bridgehead atoms. The quantitative estimate of drug-likeness (QED) is 0.511. The molecule has 2 aliphatic carbocycles. The number of rotatable bonds is 3. The Morgan fingerprint density at radius 2 is 1.53 bits per heavy atom. The van der Waals surface area contributed by atoms with Gasteiger partial charge in [-0.2, -0.15) is 0 Å². The van der Waals surface area contributed by atoms with Crippen LogP contribution in [0.1, 0.15) is 75.3 Å². The maximum Gasteiger partial charge on any atom is 0.143 e. The molecule has 2 aromatic carbocycles. The molecule has 0 unspecified atom stereocenters. The van der Waals surface area contributed by atoms with Crippen LogP contribution in [0.5, 0.6) is 0 Å². The summed E-state index contributed by atoms with van der Waals surface area (Å²) in [5, 5.41) is 0. The number of fused-ring (bicyclic) bond motifs is 3. The first-order chi connectivity index (χ1) is 15.8. The topological polar surface area (TPSA) is 28.0 Å². The highest BCUT2D eigenvalue weighted by Crippen LogP contribution is 2.47. The average Bonchev–Trinajstić information content (AvgIpc) is 3.34. The molecule has 3 nitrogen and oxygen atoms in total. The van der Waals surface area contributed by atoms with Crippen LogP contribution in [0.3, 0.4) is 0 Å². The number of benzene rings is 2. The molecule has 32 heavy (non-hydrogen) atoms. The number of hydrogen-bond donors (Lipinski definition) is 0. The molecule has 0 aromatic heterocycles. The van der Waals surface area contributed by atoms with Gasteiger partial charge >= 0.3 is 0 Å². The summed E-state index contributed by atoms with van der Waals surface area (Å²) in [4.78, 5) is 13.0. The van der Waals surface area contributed by atoms with Crippen LogP contribution in [0.15, 0.2) is 58.5 Å². The van der Waals surface area contributed by atoms with Crippen LogP contribution in [-0.2, 0) is 0 Å². The molecule has 164 valence electrons. The van der Waals surface area contributed by atoms with Crippen molar-refractivity contribution in [2.45, 2.75) is 76.3 Å². The first-order valence-electron chi connectivity index (χ1n) is 12.4. The predicted octanol–water partition coefficient (Wildman–Crippen LogP) is 7.16. The van der Waals surface area contributed by atoms with Gasteiger partial charge in [-0.3, -0.25) is 4.99 Å². The van der Waals surface area contributed by atoms with Gasteiger partial charge in [0.05, 0.1) is 11.7 Å². The van der Waals surface area contributed by atoms with E-state index in [1.54, 1.807) is 6.07 Å². The van der Waals surface area contributed by atoms with Gasteiger partial charge < -0.3 is 4.90 Å². The zero-order chi connectivity index (χ0) is 21.5. The Kier molecular flexibility index (Phi) is 5.17. The Hall–Kier alpha value is -2.75. The Morgan fingerprint density at radius 3 is 2.28 bits per heavy atom. The molecule has 2 aromatic rings. The number of amidine groups is 2. The van der Waals surface area contributed by atoms with Crippen molar-refractivity contribution in [3.8, 4) is 0 Å². The molecule has 4 heteroatoms. The number of halogens is 1. The Labute approximate surface area is 189 Å². The molecular formula is C28H30FN3. The van der Waals surface area contributed by atoms with E-state index in [0.29, 0.717) is 12.1 Å². The van der Waals surface area contributed by atoms with E-state index in [-0.39, 0.29) is 5.82 Å². The summed E-state index contributed by atoms with van der Waals surface area (Å²) in [5.41, 5.74) is 5.16. The normalized spacial score (nSPS) is 23.0. The molecule has 2 saturated carbocycles. The van der Waals surface area contributed by atoms with Gasteiger partial charge in [0.15, 0.2) is 0 Å². The Balaban J connectivity index is 1.56. The lowest BCUT2D eigenvalue weighted by Crippen LogP contribution is -2.42. The zero-order valence-electron chi connectivity index (χ0n) is 18.6. The van der Waals surface area contributed by atoms with Crippen LogP contribution < -0.4 is 0 Å². The monoisotopic (exact) mass is 427 g/mol. The van der Waals surface area contributed by atoms with Gasteiger partial charge in [0.25, 0.3) is 0 Å². The lowest BCUT2D eigenvalue weighted by molar-refractivity contribution is 0.323. The third-order valence-electron chi connectivity index (χ3n) is 7.49. The average molecular weight is 428 g/mol. The van der Waals surface area contributed by atoms with Crippen molar-refractivity contribution in [3.05, 3.63) is 65.5 Å². The SMILES string of the molecule is Fc1ccc2c(c1)C1=C(c3ccccc3)C(=NC3CCCCC3)N(C3CCCCC3)C1=N2. The van der Waals surface area contributed by atoms with Crippen LogP contribution >= 0.6 is 0 Å². The van der Waals surface area contributed by atoms with Gasteiger partial charge in [-0.1, -0.05) is 68.9 Å². The first-order valence-corrected chi connectivity index (χ1v) is 12.4. The van der Waals surface area contributed by atoms with Crippen molar-refractivity contribution < 1.29 is 4.39 Å². The highest BCUT2D eigenvalue weighted by atomic mass is 19.1. The van der Waals surface area contributed by atoms with Gasteiger partial charge in [0.1, 0.15) is 17.5 Å². The molecule has 0 atom stereocenters. The van der Waals surface area contributed by atoms with Crippen molar-refractivity contribution in [2.24, 2.45) is 9.98 Å². The Morgan fingerprint density at radius 1 is 0.812 bits per heavy atom.